The first-order chi connectivity index (χ1) is 17.1. The summed E-state index contributed by atoms with van der Waals surface area (Å²) < 4.78 is 7.51. The Balaban J connectivity index is 1.34. The second-order valence-electron chi connectivity index (χ2n) is 8.61. The summed E-state index contributed by atoms with van der Waals surface area (Å²) in [6.07, 6.45) is 0.636. The average Bonchev–Trinajstić information content (AvgIpc) is 3.54. The van der Waals surface area contributed by atoms with Crippen molar-refractivity contribution in [3.8, 4) is 28.7 Å². The Bertz CT molecular complexity index is 1510. The Morgan fingerprint density at radius 2 is 1.83 bits per heavy atom. The molecule has 0 amide bonds. The minimum Gasteiger partial charge on any atom is -0.489 e. The van der Waals surface area contributed by atoms with Crippen LogP contribution in [0.15, 0.2) is 66.0 Å². The van der Waals surface area contributed by atoms with E-state index in [-0.39, 0.29) is 5.92 Å². The molecule has 0 saturated heterocycles. The molecule has 35 heavy (non-hydrogen) atoms. The number of fused-ring (bicyclic) bond motifs is 1. The maximum Gasteiger partial charge on any atom is 0.150 e. The molecule has 0 spiro atoms. The summed E-state index contributed by atoms with van der Waals surface area (Å²) in [7, 11) is 0. The molecule has 0 bridgehead atoms. The van der Waals surface area contributed by atoms with Crippen molar-refractivity contribution < 1.29 is 4.74 Å². The van der Waals surface area contributed by atoms with E-state index in [9.17, 15) is 0 Å². The molecule has 0 fully saturated rings. The van der Waals surface area contributed by atoms with Gasteiger partial charge in [0.15, 0.2) is 0 Å². The molecule has 0 unspecified atom stereocenters. The van der Waals surface area contributed by atoms with Crippen LogP contribution in [0.3, 0.4) is 0 Å². The molecule has 1 atom stereocenters. The number of aryl methyl sites for hydroxylation is 2. The van der Waals surface area contributed by atoms with Gasteiger partial charge in [0.1, 0.15) is 18.2 Å². The zero-order chi connectivity index (χ0) is 24.2. The number of ether oxygens (including phenoxy) is 1. The van der Waals surface area contributed by atoms with Crippen molar-refractivity contribution in [2.45, 2.75) is 39.7 Å². The molecule has 5 aromatic rings. The summed E-state index contributed by atoms with van der Waals surface area (Å²) in [5.74, 6) is 7.85. The van der Waals surface area contributed by atoms with Crippen LogP contribution in [0.5, 0.6) is 5.75 Å². The molecule has 0 saturated carbocycles. The minimum atomic E-state index is 0.0207. The molecule has 174 valence electrons. The van der Waals surface area contributed by atoms with Crippen molar-refractivity contribution >= 4 is 21.4 Å². The lowest BCUT2D eigenvalue weighted by molar-refractivity contribution is 0.306. The highest BCUT2D eigenvalue weighted by Crippen LogP contribution is 2.38. The second-order valence-corrected chi connectivity index (χ2v) is 9.49. The van der Waals surface area contributed by atoms with Crippen molar-refractivity contribution in [3.05, 3.63) is 94.1 Å². The molecule has 5 nitrogen and oxygen atoms in total. The van der Waals surface area contributed by atoms with Crippen LogP contribution in [0, 0.1) is 25.7 Å². The lowest BCUT2D eigenvalue weighted by atomic mass is 9.96. The monoisotopic (exact) mass is 478 g/mol. The van der Waals surface area contributed by atoms with Crippen molar-refractivity contribution in [1.82, 2.24) is 20.6 Å². The highest BCUT2D eigenvalue weighted by Gasteiger charge is 2.14. The third-order valence-corrected chi connectivity index (χ3v) is 7.28. The second kappa shape index (κ2) is 10.1. The normalized spacial score (nSPS) is 11.7. The number of thiophene rings is 1. The van der Waals surface area contributed by atoms with Crippen molar-refractivity contribution in [3.63, 3.8) is 0 Å². The Kier molecular flexibility index (Phi) is 6.60. The number of aromatic nitrogens is 4. The summed E-state index contributed by atoms with van der Waals surface area (Å²) in [5.41, 5.74) is 7.43. The number of H-pyrrole nitrogens is 1. The molecule has 5 rings (SSSR count). The largest absolute Gasteiger partial charge is 0.489 e. The number of nitrogens with one attached hydrogen (secondary N) is 1. The number of benzene rings is 3. The maximum atomic E-state index is 6.17. The first kappa shape index (κ1) is 22.8. The number of hydrogen-bond acceptors (Lipinski definition) is 5. The van der Waals surface area contributed by atoms with E-state index in [1.165, 1.54) is 37.9 Å². The van der Waals surface area contributed by atoms with E-state index in [0.717, 1.165) is 17.1 Å². The summed E-state index contributed by atoms with van der Waals surface area (Å²) >= 11 is 1.81. The molecule has 2 aromatic heterocycles. The van der Waals surface area contributed by atoms with Crippen molar-refractivity contribution in [1.29, 1.82) is 0 Å². The predicted molar refractivity (Wildman–Crippen MR) is 142 cm³/mol. The summed E-state index contributed by atoms with van der Waals surface area (Å²) in [6, 6.07) is 21.2. The van der Waals surface area contributed by atoms with Gasteiger partial charge >= 0.3 is 0 Å². The molecule has 0 aliphatic carbocycles. The van der Waals surface area contributed by atoms with Crippen LogP contribution in [0.1, 0.15) is 40.9 Å². The fourth-order valence-electron chi connectivity index (χ4n) is 4.40. The Morgan fingerprint density at radius 3 is 2.57 bits per heavy atom. The fraction of sp³-hybridized carbons (Fsp3) is 0.207. The maximum absolute atomic E-state index is 6.17. The Hall–Kier alpha value is -3.95. The van der Waals surface area contributed by atoms with E-state index in [1.54, 1.807) is 0 Å². The predicted octanol–water partition coefficient (Wildman–Crippen LogP) is 6.63. The van der Waals surface area contributed by atoms with Crippen molar-refractivity contribution in [2.75, 3.05) is 0 Å². The van der Waals surface area contributed by atoms with Gasteiger partial charge in [-0.25, -0.2) is 5.10 Å². The van der Waals surface area contributed by atoms with E-state index in [4.69, 9.17) is 4.74 Å². The number of tetrazole rings is 1. The average molecular weight is 479 g/mol. The van der Waals surface area contributed by atoms with Gasteiger partial charge in [0.25, 0.3) is 0 Å². The van der Waals surface area contributed by atoms with Crippen LogP contribution in [-0.4, -0.2) is 20.6 Å². The van der Waals surface area contributed by atoms with Crippen LogP contribution < -0.4 is 4.74 Å². The Labute approximate surface area is 209 Å². The van der Waals surface area contributed by atoms with Crippen LogP contribution in [0.4, 0.5) is 0 Å². The van der Waals surface area contributed by atoms with Crippen LogP contribution in [0.25, 0.3) is 21.2 Å². The topological polar surface area (TPSA) is 63.7 Å². The van der Waals surface area contributed by atoms with Crippen molar-refractivity contribution in [2.24, 2.45) is 0 Å². The van der Waals surface area contributed by atoms with E-state index in [1.807, 2.05) is 30.4 Å². The summed E-state index contributed by atoms with van der Waals surface area (Å²) in [5, 5.41) is 17.7. The van der Waals surface area contributed by atoms with Gasteiger partial charge in [-0.3, -0.25) is 0 Å². The molecular formula is C29H26N4OS. The fourth-order valence-corrected chi connectivity index (χ4v) is 5.43. The molecule has 0 radical (unpaired) electrons. The smallest absolute Gasteiger partial charge is 0.150 e. The van der Waals surface area contributed by atoms with Gasteiger partial charge in [-0.15, -0.1) is 22.4 Å². The number of hydrogen-bond donors (Lipinski definition) is 1. The van der Waals surface area contributed by atoms with Gasteiger partial charge in [-0.1, -0.05) is 48.4 Å². The van der Waals surface area contributed by atoms with Crippen LogP contribution in [0.2, 0.25) is 0 Å². The molecule has 2 heterocycles. The minimum absolute atomic E-state index is 0.0207. The van der Waals surface area contributed by atoms with Crippen LogP contribution in [-0.2, 0) is 13.0 Å². The van der Waals surface area contributed by atoms with Gasteiger partial charge in [-0.2, -0.15) is 0 Å². The number of nitrogens with zero attached hydrogens (tertiary/aromatic N) is 3. The lowest BCUT2D eigenvalue weighted by Crippen LogP contribution is -2.03. The SMILES string of the molecule is CC#C[C@@H](Cc1nnn[nH]1)c1ccc(OCc2cc(C)c3scc(-c4ccccc4C)c3c2)cc1. The van der Waals surface area contributed by atoms with Gasteiger partial charge in [-0.05, 0) is 82.6 Å². The summed E-state index contributed by atoms with van der Waals surface area (Å²) in [6.45, 7) is 6.71. The van der Waals surface area contributed by atoms with E-state index in [0.29, 0.717) is 13.0 Å². The van der Waals surface area contributed by atoms with Gasteiger partial charge in [0, 0.05) is 22.1 Å². The third kappa shape index (κ3) is 4.96. The number of aromatic amines is 1. The first-order valence-electron chi connectivity index (χ1n) is 11.6. The summed E-state index contributed by atoms with van der Waals surface area (Å²) in [4.78, 5) is 0. The molecule has 0 aliphatic heterocycles. The third-order valence-electron chi connectivity index (χ3n) is 6.15. The molecule has 6 heteroatoms. The highest BCUT2D eigenvalue weighted by molar-refractivity contribution is 7.18. The highest BCUT2D eigenvalue weighted by atomic mass is 32.1. The quantitative estimate of drug-likeness (QED) is 0.267. The van der Waals surface area contributed by atoms with Gasteiger partial charge < -0.3 is 4.74 Å². The number of rotatable bonds is 7. The first-order valence-corrected chi connectivity index (χ1v) is 12.4. The lowest BCUT2D eigenvalue weighted by Gasteiger charge is -2.12. The van der Waals surface area contributed by atoms with Gasteiger partial charge in [0.05, 0.1) is 5.92 Å². The van der Waals surface area contributed by atoms with Crippen LogP contribution >= 0.6 is 11.3 Å². The Morgan fingerprint density at radius 1 is 1.00 bits per heavy atom. The van der Waals surface area contributed by atoms with E-state index >= 15 is 0 Å². The molecule has 1 N–H and O–H groups in total. The molecular weight excluding hydrogens is 452 g/mol. The standard InChI is InChI=1S/C29H26N4OS/c1-4-7-23(16-28-30-32-33-31-28)22-10-12-24(13-11-22)34-17-21-14-20(3)29-26(15-21)27(18-35-29)25-9-6-5-8-19(25)2/h5-6,8-15,18,23H,16-17H2,1-3H3,(H,30,31,32,33)/t23-/m0/s1. The van der Waals surface area contributed by atoms with E-state index < -0.39 is 0 Å². The zero-order valence-electron chi connectivity index (χ0n) is 20.0. The molecule has 3 aromatic carbocycles. The van der Waals surface area contributed by atoms with E-state index in [2.05, 4.69) is 100 Å². The van der Waals surface area contributed by atoms with Gasteiger partial charge in [0.2, 0.25) is 0 Å². The zero-order valence-corrected chi connectivity index (χ0v) is 20.8. The molecule has 0 aliphatic rings.